The van der Waals surface area contributed by atoms with Crippen molar-refractivity contribution in [2.75, 3.05) is 46.0 Å². The summed E-state index contributed by atoms with van der Waals surface area (Å²) in [7, 11) is 0. The zero-order valence-electron chi connectivity index (χ0n) is 19.6. The average molecular weight is 465 g/mol. The van der Waals surface area contributed by atoms with Gasteiger partial charge in [-0.05, 0) is 30.5 Å². The van der Waals surface area contributed by atoms with Gasteiger partial charge in [0, 0.05) is 31.7 Å². The maximum absolute atomic E-state index is 13.2. The molecule has 7 nitrogen and oxygen atoms in total. The van der Waals surface area contributed by atoms with E-state index in [1.807, 2.05) is 37.3 Å². The first kappa shape index (κ1) is 24.0. The molecule has 2 heterocycles. The molecule has 0 unspecified atom stereocenters. The van der Waals surface area contributed by atoms with Crippen molar-refractivity contribution in [2.24, 2.45) is 0 Å². The normalized spacial score (nSPS) is 20.6. The van der Waals surface area contributed by atoms with E-state index in [0.717, 1.165) is 38.0 Å². The second kappa shape index (κ2) is 11.3. The molecule has 0 aromatic heterocycles. The largest absolute Gasteiger partial charge is 0.507 e. The number of Topliss-reactive ketones (excluding diaryl/α,β-unsaturated/α-hetero) is 1. The van der Waals surface area contributed by atoms with Crippen LogP contribution in [0.25, 0.3) is 5.76 Å². The number of aliphatic hydroxyl groups excluding tert-OH is 1. The summed E-state index contributed by atoms with van der Waals surface area (Å²) in [6.07, 6.45) is 1.60. The predicted octanol–water partition coefficient (Wildman–Crippen LogP) is 3.62. The van der Waals surface area contributed by atoms with E-state index in [1.54, 1.807) is 29.2 Å². The summed E-state index contributed by atoms with van der Waals surface area (Å²) < 4.78 is 11.2. The molecule has 4 rings (SSSR count). The second-order valence-electron chi connectivity index (χ2n) is 8.59. The van der Waals surface area contributed by atoms with E-state index in [4.69, 9.17) is 9.47 Å². The van der Waals surface area contributed by atoms with Gasteiger partial charge in [0.1, 0.15) is 11.5 Å². The Kier molecular flexibility index (Phi) is 7.98. The van der Waals surface area contributed by atoms with Crippen molar-refractivity contribution < 1.29 is 24.2 Å². The van der Waals surface area contributed by atoms with Crippen LogP contribution >= 0.6 is 0 Å². The molecular formula is C27H32N2O5. The number of hydrogen-bond acceptors (Lipinski definition) is 6. The molecule has 2 aliphatic rings. The fourth-order valence-corrected chi connectivity index (χ4v) is 4.49. The van der Waals surface area contributed by atoms with Crippen molar-refractivity contribution in [3.63, 3.8) is 0 Å². The fourth-order valence-electron chi connectivity index (χ4n) is 4.49. The summed E-state index contributed by atoms with van der Waals surface area (Å²) in [5.41, 5.74) is 1.38. The smallest absolute Gasteiger partial charge is 0.295 e. The van der Waals surface area contributed by atoms with Gasteiger partial charge in [0.25, 0.3) is 11.7 Å². The van der Waals surface area contributed by atoms with Gasteiger partial charge in [-0.1, -0.05) is 49.4 Å². The Morgan fingerprint density at radius 3 is 2.56 bits per heavy atom. The van der Waals surface area contributed by atoms with Gasteiger partial charge in [0.05, 0.1) is 31.4 Å². The maximum Gasteiger partial charge on any atom is 0.295 e. The van der Waals surface area contributed by atoms with Crippen LogP contribution in [0.15, 0.2) is 60.2 Å². The molecule has 2 fully saturated rings. The number of amides is 1. The Morgan fingerprint density at radius 1 is 1.06 bits per heavy atom. The molecule has 2 aromatic rings. The third-order valence-electron chi connectivity index (χ3n) is 6.21. The van der Waals surface area contributed by atoms with Crippen molar-refractivity contribution in [3.8, 4) is 5.75 Å². The Labute approximate surface area is 200 Å². The number of carbonyl (C=O) groups is 2. The zero-order valence-corrected chi connectivity index (χ0v) is 19.6. The lowest BCUT2D eigenvalue weighted by Crippen LogP contribution is -2.38. The third kappa shape index (κ3) is 5.32. The predicted molar refractivity (Wildman–Crippen MR) is 130 cm³/mol. The van der Waals surface area contributed by atoms with Gasteiger partial charge in [0.2, 0.25) is 0 Å². The molecule has 0 bridgehead atoms. The Hall–Kier alpha value is -3.16. The van der Waals surface area contributed by atoms with E-state index in [1.165, 1.54) is 0 Å². The Balaban J connectivity index is 1.66. The molecule has 1 amide bonds. The van der Waals surface area contributed by atoms with Crippen LogP contribution in [0.2, 0.25) is 0 Å². The van der Waals surface area contributed by atoms with Crippen LogP contribution < -0.4 is 4.74 Å². The topological polar surface area (TPSA) is 79.3 Å². The standard InChI is InChI=1S/C27H32N2O5/c1-2-16-34-22-11-6-10-21(19-22)24-23(25(30)20-8-4-3-5-9-20)26(31)27(32)29(24)13-7-12-28-14-17-33-18-15-28/h3-6,8-11,19,24,30H,2,7,12-18H2,1H3/t24-/m0/s1. The molecule has 0 aliphatic carbocycles. The summed E-state index contributed by atoms with van der Waals surface area (Å²) >= 11 is 0. The number of aliphatic hydroxyl groups is 1. The number of nitrogens with zero attached hydrogens (tertiary/aromatic N) is 2. The van der Waals surface area contributed by atoms with E-state index >= 15 is 0 Å². The molecule has 1 atom stereocenters. The summed E-state index contributed by atoms with van der Waals surface area (Å²) in [4.78, 5) is 30.2. The van der Waals surface area contributed by atoms with E-state index in [0.29, 0.717) is 37.7 Å². The average Bonchev–Trinajstić information content (AvgIpc) is 3.13. The number of benzene rings is 2. The molecule has 34 heavy (non-hydrogen) atoms. The van der Waals surface area contributed by atoms with Crippen molar-refractivity contribution in [1.29, 1.82) is 0 Å². The van der Waals surface area contributed by atoms with Crippen molar-refractivity contribution >= 4 is 17.4 Å². The molecule has 2 aliphatic heterocycles. The van der Waals surface area contributed by atoms with Crippen LogP contribution in [0, 0.1) is 0 Å². The van der Waals surface area contributed by atoms with E-state index in [9.17, 15) is 14.7 Å². The van der Waals surface area contributed by atoms with Gasteiger partial charge in [-0.3, -0.25) is 14.5 Å². The lowest BCUT2D eigenvalue weighted by Gasteiger charge is -2.29. The van der Waals surface area contributed by atoms with Crippen LogP contribution in [-0.4, -0.2) is 72.6 Å². The van der Waals surface area contributed by atoms with Crippen molar-refractivity contribution in [3.05, 3.63) is 71.3 Å². The van der Waals surface area contributed by atoms with E-state index < -0.39 is 17.7 Å². The quantitative estimate of drug-likeness (QED) is 0.347. The molecule has 0 radical (unpaired) electrons. The lowest BCUT2D eigenvalue weighted by molar-refractivity contribution is -0.140. The minimum absolute atomic E-state index is 0.121. The van der Waals surface area contributed by atoms with Crippen LogP contribution in [0.4, 0.5) is 0 Å². The first-order valence-electron chi connectivity index (χ1n) is 12.0. The highest BCUT2D eigenvalue weighted by Crippen LogP contribution is 2.40. The Morgan fingerprint density at radius 2 is 1.82 bits per heavy atom. The first-order chi connectivity index (χ1) is 16.6. The highest BCUT2D eigenvalue weighted by molar-refractivity contribution is 6.46. The van der Waals surface area contributed by atoms with Gasteiger partial charge in [-0.25, -0.2) is 0 Å². The number of hydrogen-bond donors (Lipinski definition) is 1. The number of ketones is 1. The highest BCUT2D eigenvalue weighted by atomic mass is 16.5. The Bertz CT molecular complexity index is 1030. The SMILES string of the molecule is CCCOc1cccc([C@H]2C(=C(O)c3ccccc3)C(=O)C(=O)N2CCCN2CCOCC2)c1. The van der Waals surface area contributed by atoms with Crippen molar-refractivity contribution in [1.82, 2.24) is 9.80 Å². The number of likely N-dealkylation sites (tertiary alicyclic amines) is 1. The molecule has 1 N–H and O–H groups in total. The minimum Gasteiger partial charge on any atom is -0.507 e. The van der Waals surface area contributed by atoms with Gasteiger partial charge in [-0.2, -0.15) is 0 Å². The fraction of sp³-hybridized carbons (Fsp3) is 0.407. The van der Waals surface area contributed by atoms with Gasteiger partial charge in [-0.15, -0.1) is 0 Å². The molecular weight excluding hydrogens is 432 g/mol. The number of morpholine rings is 1. The number of carbonyl (C=O) groups excluding carboxylic acids is 2. The minimum atomic E-state index is -0.671. The van der Waals surface area contributed by atoms with Crippen LogP contribution in [0.1, 0.15) is 36.9 Å². The summed E-state index contributed by atoms with van der Waals surface area (Å²) in [5.74, 6) is -0.709. The second-order valence-corrected chi connectivity index (χ2v) is 8.59. The van der Waals surface area contributed by atoms with Gasteiger partial charge >= 0.3 is 0 Å². The van der Waals surface area contributed by atoms with Crippen molar-refractivity contribution in [2.45, 2.75) is 25.8 Å². The number of rotatable bonds is 9. The van der Waals surface area contributed by atoms with Crippen LogP contribution in [-0.2, 0) is 14.3 Å². The molecule has 180 valence electrons. The summed E-state index contributed by atoms with van der Waals surface area (Å²) in [6, 6.07) is 15.7. The van der Waals surface area contributed by atoms with E-state index in [-0.39, 0.29) is 11.3 Å². The van der Waals surface area contributed by atoms with Gasteiger partial charge in [0.15, 0.2) is 0 Å². The van der Waals surface area contributed by atoms with Crippen LogP contribution in [0.5, 0.6) is 5.75 Å². The molecule has 2 saturated heterocycles. The molecule has 0 spiro atoms. The maximum atomic E-state index is 13.2. The van der Waals surface area contributed by atoms with Crippen LogP contribution in [0.3, 0.4) is 0 Å². The molecule has 2 aromatic carbocycles. The number of ether oxygens (including phenoxy) is 2. The van der Waals surface area contributed by atoms with E-state index in [2.05, 4.69) is 4.90 Å². The lowest BCUT2D eigenvalue weighted by atomic mass is 9.95. The summed E-state index contributed by atoms with van der Waals surface area (Å²) in [6.45, 7) is 7.01. The van der Waals surface area contributed by atoms with Gasteiger partial charge < -0.3 is 19.5 Å². The summed E-state index contributed by atoms with van der Waals surface area (Å²) in [5, 5.41) is 11.1. The zero-order chi connectivity index (χ0) is 23.9. The third-order valence-corrected chi connectivity index (χ3v) is 6.21. The molecule has 7 heteroatoms. The highest BCUT2D eigenvalue weighted by Gasteiger charge is 2.45. The monoisotopic (exact) mass is 464 g/mol. The first-order valence-corrected chi connectivity index (χ1v) is 12.0. The molecule has 0 saturated carbocycles.